The van der Waals surface area contributed by atoms with E-state index in [1.54, 1.807) is 13.2 Å². The number of nitrogens with one attached hydrogen (secondary N) is 1. The van der Waals surface area contributed by atoms with Gasteiger partial charge in [0.05, 0.1) is 6.54 Å². The Labute approximate surface area is 380 Å². The maximum atomic E-state index is 12.0. The Balaban J connectivity index is 0.000000316. The largest absolute Gasteiger partial charge is 0.385 e. The number of methoxy groups -OCH3 is 1. The number of primary amides is 1. The maximum Gasteiger partial charge on any atom is 0.248 e. The van der Waals surface area contributed by atoms with Gasteiger partial charge in [0.2, 0.25) is 11.8 Å². The van der Waals surface area contributed by atoms with E-state index in [1.807, 2.05) is 12.1 Å². The Morgan fingerprint density at radius 2 is 1.31 bits per heavy atom. The minimum Gasteiger partial charge on any atom is -0.385 e. The summed E-state index contributed by atoms with van der Waals surface area (Å²) >= 11 is 0. The van der Waals surface area contributed by atoms with Crippen molar-refractivity contribution in [2.24, 2.45) is 17.6 Å². The van der Waals surface area contributed by atoms with Crippen molar-refractivity contribution in [1.82, 2.24) is 20.0 Å². The molecule has 1 aliphatic carbocycles. The molecule has 4 aliphatic rings. The molecule has 2 aromatic carbocycles. The van der Waals surface area contributed by atoms with Crippen molar-refractivity contribution in [3.8, 4) is 0 Å². The number of anilines is 2. The van der Waals surface area contributed by atoms with Crippen LogP contribution in [0.5, 0.6) is 0 Å². The fourth-order valence-corrected chi connectivity index (χ4v) is 9.42. The molecule has 0 spiro atoms. The molecule has 3 saturated heterocycles. The standard InChI is InChI=1S/C24H38N4O3.C24H39N3O.2ClH/c1-31-17-3-6-23(29)26-21-9-7-19(8-10-21)11-12-27-13-15-28(16-14-27)22-5-2-4-20(18-22)24(25)30;1-4-6-23(28)19-26-13-10-22(11-14-26)9-12-25-15-17-27(18-16-25)24-8-5-7-20(2)21(24)3;;/h2,4-5,18-19,21H,3,6-17H2,1H3,(H2,25,30)(H,26,29);5,7-8,22H,4,6,9-19H2,1-3H3;2*1H. The number of carbonyl (C=O) groups is 3. The van der Waals surface area contributed by atoms with Crippen LogP contribution in [0.15, 0.2) is 42.5 Å². The maximum absolute atomic E-state index is 12.0. The van der Waals surface area contributed by atoms with Crippen LogP contribution in [0.25, 0.3) is 0 Å². The van der Waals surface area contributed by atoms with Crippen LogP contribution in [0.3, 0.4) is 0 Å². The predicted octanol–water partition coefficient (Wildman–Crippen LogP) is 7.14. The van der Waals surface area contributed by atoms with Crippen molar-refractivity contribution < 1.29 is 19.1 Å². The van der Waals surface area contributed by atoms with Gasteiger partial charge >= 0.3 is 0 Å². The zero-order chi connectivity index (χ0) is 42.0. The van der Waals surface area contributed by atoms with Crippen LogP contribution in [0.1, 0.15) is 105 Å². The van der Waals surface area contributed by atoms with Crippen LogP contribution in [-0.2, 0) is 14.3 Å². The highest BCUT2D eigenvalue weighted by atomic mass is 35.5. The molecule has 1 saturated carbocycles. The summed E-state index contributed by atoms with van der Waals surface area (Å²) in [6, 6.07) is 14.6. The number of nitrogens with two attached hydrogens (primary N) is 1. The lowest BCUT2D eigenvalue weighted by Gasteiger charge is -2.38. The summed E-state index contributed by atoms with van der Waals surface area (Å²) in [5, 5.41) is 3.20. The number of hydrogen-bond acceptors (Lipinski definition) is 9. The molecule has 61 heavy (non-hydrogen) atoms. The second-order valence-corrected chi connectivity index (χ2v) is 17.8. The van der Waals surface area contributed by atoms with E-state index in [0.29, 0.717) is 37.0 Å². The van der Waals surface area contributed by atoms with Gasteiger partial charge in [0.25, 0.3) is 0 Å². The van der Waals surface area contributed by atoms with E-state index in [9.17, 15) is 14.4 Å². The number of hydrogen-bond donors (Lipinski definition) is 2. The average Bonchev–Trinajstić information content (AvgIpc) is 3.25. The van der Waals surface area contributed by atoms with Crippen LogP contribution in [0.2, 0.25) is 0 Å². The van der Waals surface area contributed by atoms with Gasteiger partial charge in [-0.1, -0.05) is 25.1 Å². The molecule has 3 aliphatic heterocycles. The van der Waals surface area contributed by atoms with E-state index < -0.39 is 0 Å². The highest BCUT2D eigenvalue weighted by molar-refractivity contribution is 5.93. The number of likely N-dealkylation sites (tertiary alicyclic amines) is 1. The third-order valence-electron chi connectivity index (χ3n) is 13.5. The molecule has 13 heteroatoms. The molecule has 3 heterocycles. The molecule has 3 N–H and O–H groups in total. The second kappa shape index (κ2) is 28.0. The molecule has 2 amide bonds. The lowest BCUT2D eigenvalue weighted by molar-refractivity contribution is -0.122. The molecule has 4 fully saturated rings. The number of aryl methyl sites for hydroxylation is 1. The molecular weight excluding hydrogens is 809 g/mol. The van der Waals surface area contributed by atoms with E-state index in [-0.39, 0.29) is 36.6 Å². The van der Waals surface area contributed by atoms with Crippen molar-refractivity contribution in [3.63, 3.8) is 0 Å². The minimum absolute atomic E-state index is 0. The number of benzene rings is 2. The Bertz CT molecular complexity index is 1590. The number of carbonyl (C=O) groups excluding carboxylic acids is 3. The molecule has 0 unspecified atom stereocenters. The average molecular weight is 889 g/mol. The molecular formula is C48H79Cl2N7O4. The molecule has 11 nitrogen and oxygen atoms in total. The highest BCUT2D eigenvalue weighted by Crippen LogP contribution is 2.28. The Kier molecular flexibility index (Phi) is 24.0. The summed E-state index contributed by atoms with van der Waals surface area (Å²) in [6.45, 7) is 21.2. The van der Waals surface area contributed by atoms with Crippen molar-refractivity contribution in [3.05, 3.63) is 59.2 Å². The minimum atomic E-state index is -0.374. The number of Topliss-reactive ketones (excluding diaryl/α,β-unsaturated/α-hetero) is 1. The van der Waals surface area contributed by atoms with E-state index >= 15 is 0 Å². The number of nitrogens with zero attached hydrogens (tertiary/aromatic N) is 5. The first-order chi connectivity index (χ1) is 28.6. The summed E-state index contributed by atoms with van der Waals surface area (Å²) < 4.78 is 5.01. The van der Waals surface area contributed by atoms with E-state index in [0.717, 1.165) is 109 Å². The number of piperidine rings is 1. The summed E-state index contributed by atoms with van der Waals surface area (Å²) in [7, 11) is 1.67. The quantitative estimate of drug-likeness (QED) is 0.151. The van der Waals surface area contributed by atoms with Crippen LogP contribution in [0.4, 0.5) is 11.4 Å². The summed E-state index contributed by atoms with van der Waals surface area (Å²) in [4.78, 5) is 47.7. The van der Waals surface area contributed by atoms with Crippen LogP contribution in [-0.4, -0.2) is 137 Å². The van der Waals surface area contributed by atoms with Crippen molar-refractivity contribution >= 4 is 53.8 Å². The van der Waals surface area contributed by atoms with E-state index in [4.69, 9.17) is 10.5 Å². The summed E-state index contributed by atoms with van der Waals surface area (Å²) in [5.41, 5.74) is 11.3. The SMILES string of the molecule is CCCC(=O)CN1CCC(CCN2CCN(c3cccc(C)c3C)CC2)CC1.COCCCC(=O)NC1CCC(CCN2CCN(c3cccc(C(N)=O)c3)CC2)CC1.Cl.Cl. The molecule has 2 aromatic rings. The highest BCUT2D eigenvalue weighted by Gasteiger charge is 2.26. The zero-order valence-corrected chi connectivity index (χ0v) is 39.6. The molecule has 0 aromatic heterocycles. The van der Waals surface area contributed by atoms with Crippen LogP contribution >= 0.6 is 24.8 Å². The van der Waals surface area contributed by atoms with Crippen molar-refractivity contribution in [2.75, 3.05) is 109 Å². The number of piperazine rings is 2. The van der Waals surface area contributed by atoms with Crippen LogP contribution < -0.4 is 20.9 Å². The lowest BCUT2D eigenvalue weighted by Crippen LogP contribution is -2.47. The van der Waals surface area contributed by atoms with Gasteiger partial charge in [-0.15, -0.1) is 24.8 Å². The van der Waals surface area contributed by atoms with Gasteiger partial charge in [-0.2, -0.15) is 0 Å². The van der Waals surface area contributed by atoms with E-state index in [2.05, 4.69) is 74.9 Å². The molecule has 0 atom stereocenters. The van der Waals surface area contributed by atoms with Crippen molar-refractivity contribution in [1.29, 1.82) is 0 Å². The molecule has 0 bridgehead atoms. The number of rotatable bonds is 18. The first-order valence-electron chi connectivity index (χ1n) is 23.0. The van der Waals surface area contributed by atoms with Gasteiger partial charge in [0.1, 0.15) is 5.78 Å². The monoisotopic (exact) mass is 888 g/mol. The Morgan fingerprint density at radius 3 is 1.90 bits per heavy atom. The Morgan fingerprint density at radius 1 is 0.721 bits per heavy atom. The fraction of sp³-hybridized carbons (Fsp3) is 0.688. The van der Waals surface area contributed by atoms with Gasteiger partial charge < -0.3 is 25.6 Å². The lowest BCUT2D eigenvalue weighted by atomic mass is 9.84. The van der Waals surface area contributed by atoms with Crippen molar-refractivity contribution in [2.45, 2.75) is 104 Å². The molecule has 344 valence electrons. The first-order valence-corrected chi connectivity index (χ1v) is 23.0. The third kappa shape index (κ3) is 17.6. The topological polar surface area (TPSA) is 115 Å². The third-order valence-corrected chi connectivity index (χ3v) is 13.5. The first kappa shape index (κ1) is 52.4. The number of ether oxygens (including phenoxy) is 1. The van der Waals surface area contributed by atoms with E-state index in [1.165, 1.54) is 75.0 Å². The molecule has 0 radical (unpaired) electrons. The smallest absolute Gasteiger partial charge is 0.248 e. The van der Waals surface area contributed by atoms with Gasteiger partial charge in [0, 0.05) is 102 Å². The van der Waals surface area contributed by atoms with Crippen LogP contribution in [0, 0.1) is 25.7 Å². The van der Waals surface area contributed by atoms with Gasteiger partial charge in [-0.05, 0) is 151 Å². The van der Waals surface area contributed by atoms with Gasteiger partial charge in [-0.3, -0.25) is 29.1 Å². The predicted molar refractivity (Wildman–Crippen MR) is 256 cm³/mol. The number of amides is 2. The van der Waals surface area contributed by atoms with Gasteiger partial charge in [-0.25, -0.2) is 0 Å². The number of ketones is 1. The summed E-state index contributed by atoms with van der Waals surface area (Å²) in [5.74, 6) is 1.82. The normalized spacial score (nSPS) is 20.5. The molecule has 6 rings (SSSR count). The second-order valence-electron chi connectivity index (χ2n) is 17.8. The van der Waals surface area contributed by atoms with Gasteiger partial charge in [0.15, 0.2) is 0 Å². The Hall–Kier alpha value is -2.93. The zero-order valence-electron chi connectivity index (χ0n) is 37.9. The summed E-state index contributed by atoms with van der Waals surface area (Å²) in [6.07, 6.45) is 12.8. The fourth-order valence-electron chi connectivity index (χ4n) is 9.42. The number of halogens is 2.